The third-order valence-corrected chi connectivity index (χ3v) is 3.02. The normalized spacial score (nSPS) is 10.6. The van der Waals surface area contributed by atoms with Crippen LogP contribution in [-0.2, 0) is 0 Å². The molecule has 0 aliphatic heterocycles. The predicted molar refractivity (Wildman–Crippen MR) is 79.0 cm³/mol. The van der Waals surface area contributed by atoms with Crippen LogP contribution in [0.3, 0.4) is 0 Å². The van der Waals surface area contributed by atoms with Gasteiger partial charge in [0.25, 0.3) is 0 Å². The minimum atomic E-state index is 0.441. The first-order valence-corrected chi connectivity index (χ1v) is 6.35. The van der Waals surface area contributed by atoms with E-state index in [2.05, 4.69) is 39.6 Å². The Morgan fingerprint density at radius 1 is 0.947 bits per heavy atom. The molecule has 3 aromatic rings. The van der Waals surface area contributed by atoms with Crippen molar-refractivity contribution in [3.63, 3.8) is 0 Å². The van der Waals surface area contributed by atoms with Crippen LogP contribution in [0.25, 0.3) is 10.8 Å². The molecule has 0 saturated heterocycles. The second-order valence-corrected chi connectivity index (χ2v) is 4.70. The van der Waals surface area contributed by atoms with E-state index in [0.29, 0.717) is 16.8 Å². The Kier molecular flexibility index (Phi) is 3.05. The van der Waals surface area contributed by atoms with E-state index in [1.54, 1.807) is 6.07 Å². The van der Waals surface area contributed by atoms with E-state index in [-0.39, 0.29) is 0 Å². The van der Waals surface area contributed by atoms with Crippen molar-refractivity contribution in [3.05, 3.63) is 59.5 Å². The zero-order valence-electron chi connectivity index (χ0n) is 10.4. The molecule has 3 rings (SSSR count). The standard InChI is InChI=1S/C15H12ClN3/c1-10-17-14(16)9-15(18-10)19-13-7-6-11-4-2-3-5-12(11)8-13/h2-9H,1H3,(H,17,18,19). The number of nitrogens with zero attached hydrogens (tertiary/aromatic N) is 2. The lowest BCUT2D eigenvalue weighted by Crippen LogP contribution is -1.97. The van der Waals surface area contributed by atoms with Gasteiger partial charge in [-0.2, -0.15) is 0 Å². The van der Waals surface area contributed by atoms with Crippen molar-refractivity contribution in [1.29, 1.82) is 0 Å². The molecule has 0 bridgehead atoms. The van der Waals surface area contributed by atoms with E-state index in [0.717, 1.165) is 5.69 Å². The molecule has 94 valence electrons. The number of benzene rings is 2. The molecule has 3 nitrogen and oxygen atoms in total. The van der Waals surface area contributed by atoms with Gasteiger partial charge in [0, 0.05) is 11.8 Å². The Hall–Kier alpha value is -2.13. The molecule has 0 fully saturated rings. The van der Waals surface area contributed by atoms with Gasteiger partial charge in [-0.3, -0.25) is 0 Å². The van der Waals surface area contributed by atoms with Crippen LogP contribution >= 0.6 is 11.6 Å². The van der Waals surface area contributed by atoms with E-state index in [1.807, 2.05) is 25.1 Å². The average molecular weight is 270 g/mol. The first-order chi connectivity index (χ1) is 9.20. The molecular weight excluding hydrogens is 258 g/mol. The Bertz CT molecular complexity index is 720. The van der Waals surface area contributed by atoms with Crippen LogP contribution in [0.1, 0.15) is 5.82 Å². The Morgan fingerprint density at radius 3 is 2.53 bits per heavy atom. The summed E-state index contributed by atoms with van der Waals surface area (Å²) in [5, 5.41) is 6.08. The topological polar surface area (TPSA) is 37.8 Å². The molecule has 0 aliphatic carbocycles. The van der Waals surface area contributed by atoms with Crippen LogP contribution in [0.5, 0.6) is 0 Å². The summed E-state index contributed by atoms with van der Waals surface area (Å²) in [7, 11) is 0. The minimum Gasteiger partial charge on any atom is -0.340 e. The van der Waals surface area contributed by atoms with Crippen LogP contribution < -0.4 is 5.32 Å². The number of halogens is 1. The summed E-state index contributed by atoms with van der Waals surface area (Å²) in [5.74, 6) is 1.35. The maximum Gasteiger partial charge on any atom is 0.135 e. The summed E-state index contributed by atoms with van der Waals surface area (Å²) < 4.78 is 0. The van der Waals surface area contributed by atoms with Gasteiger partial charge in [-0.15, -0.1) is 0 Å². The number of rotatable bonds is 2. The SMILES string of the molecule is Cc1nc(Cl)cc(Nc2ccc3ccccc3c2)n1. The highest BCUT2D eigenvalue weighted by Crippen LogP contribution is 2.22. The van der Waals surface area contributed by atoms with Gasteiger partial charge in [0.05, 0.1) is 0 Å². The predicted octanol–water partition coefficient (Wildman–Crippen LogP) is 4.34. The maximum absolute atomic E-state index is 5.92. The van der Waals surface area contributed by atoms with E-state index >= 15 is 0 Å². The zero-order chi connectivity index (χ0) is 13.2. The van der Waals surface area contributed by atoms with E-state index in [9.17, 15) is 0 Å². The molecule has 0 spiro atoms. The Balaban J connectivity index is 1.96. The van der Waals surface area contributed by atoms with Crippen molar-refractivity contribution in [2.75, 3.05) is 5.32 Å². The zero-order valence-corrected chi connectivity index (χ0v) is 11.1. The van der Waals surface area contributed by atoms with Crippen molar-refractivity contribution in [1.82, 2.24) is 9.97 Å². The first kappa shape index (κ1) is 11.9. The van der Waals surface area contributed by atoms with Gasteiger partial charge in [0.2, 0.25) is 0 Å². The second-order valence-electron chi connectivity index (χ2n) is 4.31. The fraction of sp³-hybridized carbons (Fsp3) is 0.0667. The van der Waals surface area contributed by atoms with E-state index in [4.69, 9.17) is 11.6 Å². The molecule has 0 saturated carbocycles. The fourth-order valence-corrected chi connectivity index (χ4v) is 2.24. The van der Waals surface area contributed by atoms with Crippen LogP contribution in [-0.4, -0.2) is 9.97 Å². The summed E-state index contributed by atoms with van der Waals surface area (Å²) in [6.45, 7) is 1.82. The van der Waals surface area contributed by atoms with E-state index in [1.165, 1.54) is 10.8 Å². The van der Waals surface area contributed by atoms with Crippen molar-refractivity contribution in [3.8, 4) is 0 Å². The molecule has 2 aromatic carbocycles. The van der Waals surface area contributed by atoms with E-state index < -0.39 is 0 Å². The molecule has 0 atom stereocenters. The lowest BCUT2D eigenvalue weighted by molar-refractivity contribution is 1.06. The molecule has 0 aliphatic rings. The van der Waals surface area contributed by atoms with Gasteiger partial charge >= 0.3 is 0 Å². The summed E-state index contributed by atoms with van der Waals surface area (Å²) >= 11 is 5.92. The van der Waals surface area contributed by atoms with Gasteiger partial charge in [-0.05, 0) is 29.8 Å². The second kappa shape index (κ2) is 4.86. The van der Waals surface area contributed by atoms with Crippen molar-refractivity contribution >= 4 is 33.9 Å². The third kappa shape index (κ3) is 2.66. The minimum absolute atomic E-state index is 0.441. The number of fused-ring (bicyclic) bond motifs is 1. The van der Waals surface area contributed by atoms with Gasteiger partial charge in [-0.1, -0.05) is 41.9 Å². The number of hydrogen-bond donors (Lipinski definition) is 1. The van der Waals surface area contributed by atoms with Gasteiger partial charge in [0.15, 0.2) is 0 Å². The van der Waals surface area contributed by atoms with Crippen LogP contribution in [0.2, 0.25) is 5.15 Å². The van der Waals surface area contributed by atoms with Crippen LogP contribution in [0.4, 0.5) is 11.5 Å². The molecule has 19 heavy (non-hydrogen) atoms. The van der Waals surface area contributed by atoms with Crippen LogP contribution in [0.15, 0.2) is 48.5 Å². The number of anilines is 2. The first-order valence-electron chi connectivity index (χ1n) is 5.98. The summed E-state index contributed by atoms with van der Waals surface area (Å²) in [6.07, 6.45) is 0. The lowest BCUT2D eigenvalue weighted by atomic mass is 10.1. The van der Waals surface area contributed by atoms with Crippen molar-refractivity contribution in [2.24, 2.45) is 0 Å². The third-order valence-electron chi connectivity index (χ3n) is 2.83. The van der Waals surface area contributed by atoms with Gasteiger partial charge in [0.1, 0.15) is 16.8 Å². The molecule has 1 N–H and O–H groups in total. The number of hydrogen-bond acceptors (Lipinski definition) is 3. The highest BCUT2D eigenvalue weighted by Gasteiger charge is 2.01. The Labute approximate surface area is 116 Å². The van der Waals surface area contributed by atoms with Crippen molar-refractivity contribution in [2.45, 2.75) is 6.92 Å². The molecule has 0 radical (unpaired) electrons. The molecule has 0 unspecified atom stereocenters. The quantitative estimate of drug-likeness (QED) is 0.704. The maximum atomic E-state index is 5.92. The molecule has 0 amide bonds. The number of aromatic nitrogens is 2. The summed E-state index contributed by atoms with van der Waals surface area (Å²) in [4.78, 5) is 8.34. The van der Waals surface area contributed by atoms with Gasteiger partial charge in [-0.25, -0.2) is 9.97 Å². The number of aryl methyl sites for hydroxylation is 1. The molecule has 4 heteroatoms. The largest absolute Gasteiger partial charge is 0.340 e. The highest BCUT2D eigenvalue weighted by atomic mass is 35.5. The molecule has 1 heterocycles. The smallest absolute Gasteiger partial charge is 0.135 e. The van der Waals surface area contributed by atoms with Gasteiger partial charge < -0.3 is 5.32 Å². The Morgan fingerprint density at radius 2 is 1.74 bits per heavy atom. The number of nitrogens with one attached hydrogen (secondary N) is 1. The average Bonchev–Trinajstić information content (AvgIpc) is 2.37. The molecular formula is C15H12ClN3. The highest BCUT2D eigenvalue weighted by molar-refractivity contribution is 6.29. The lowest BCUT2D eigenvalue weighted by Gasteiger charge is -2.07. The monoisotopic (exact) mass is 269 g/mol. The fourth-order valence-electron chi connectivity index (χ4n) is 2.01. The van der Waals surface area contributed by atoms with Crippen LogP contribution in [0, 0.1) is 6.92 Å². The molecule has 1 aromatic heterocycles. The summed E-state index contributed by atoms with van der Waals surface area (Å²) in [6, 6.07) is 16.1. The van der Waals surface area contributed by atoms with Crippen molar-refractivity contribution < 1.29 is 0 Å². The summed E-state index contributed by atoms with van der Waals surface area (Å²) in [5.41, 5.74) is 0.980.